The van der Waals surface area contributed by atoms with Crippen LogP contribution in [-0.2, 0) is 9.63 Å². The Morgan fingerprint density at radius 3 is 2.37 bits per heavy atom. The summed E-state index contributed by atoms with van der Waals surface area (Å²) in [6, 6.07) is -0.179. The summed E-state index contributed by atoms with van der Waals surface area (Å²) in [5.74, 6) is -3.06. The maximum Gasteiger partial charge on any atom is 0.490 e. The number of rotatable bonds is 3. The number of alkyl halides is 3. The first-order valence-corrected chi connectivity index (χ1v) is 8.19. The van der Waals surface area contributed by atoms with Crippen LogP contribution in [0, 0.1) is 6.92 Å². The molecule has 1 amide bonds. The van der Waals surface area contributed by atoms with Gasteiger partial charge in [0.05, 0.1) is 21.8 Å². The third kappa shape index (κ3) is 6.60. The van der Waals surface area contributed by atoms with E-state index in [1.807, 2.05) is 0 Å². The van der Waals surface area contributed by atoms with Gasteiger partial charge in [-0.1, -0.05) is 28.4 Å². The van der Waals surface area contributed by atoms with Crippen LogP contribution in [0.25, 0.3) is 0 Å². The van der Waals surface area contributed by atoms with Gasteiger partial charge in [0.25, 0.3) is 5.91 Å². The minimum atomic E-state index is -5.08. The SMILES string of the molecule is CO/N=C1/CNCCC1NC(=O)c1[nH]c(C)c(Cl)c1Cl.O=C(O)C(F)(F)F. The van der Waals surface area contributed by atoms with Crippen molar-refractivity contribution in [2.45, 2.75) is 25.6 Å². The van der Waals surface area contributed by atoms with Crippen LogP contribution in [0.5, 0.6) is 0 Å². The number of aliphatic carboxylic acids is 1. The third-order valence-electron chi connectivity index (χ3n) is 3.36. The standard InChI is InChI=1S/C12H16Cl2N4O2.C2HF3O2/c1-6-9(13)10(14)11(16-6)12(19)17-7-3-4-15-5-8(7)18-20-2;3-2(4,5)1(6)7/h7,15-16H,3-5H2,1-2H3,(H,17,19);(H,6,7)/b18-8-;. The molecule has 8 nitrogen and oxygen atoms in total. The Morgan fingerprint density at radius 1 is 1.33 bits per heavy atom. The van der Waals surface area contributed by atoms with Crippen LogP contribution >= 0.6 is 23.2 Å². The summed E-state index contributed by atoms with van der Waals surface area (Å²) in [5, 5.41) is 17.7. The molecule has 0 saturated carbocycles. The van der Waals surface area contributed by atoms with Crippen LogP contribution in [-0.4, -0.2) is 60.1 Å². The van der Waals surface area contributed by atoms with Crippen molar-refractivity contribution >= 4 is 40.8 Å². The molecule has 152 valence electrons. The molecule has 0 spiro atoms. The van der Waals surface area contributed by atoms with Gasteiger partial charge in [-0.25, -0.2) is 4.79 Å². The van der Waals surface area contributed by atoms with E-state index in [1.165, 1.54) is 7.11 Å². The zero-order chi connectivity index (χ0) is 20.8. The van der Waals surface area contributed by atoms with E-state index in [1.54, 1.807) is 6.92 Å². The molecule has 1 unspecified atom stereocenters. The van der Waals surface area contributed by atoms with Crippen molar-refractivity contribution in [2.75, 3.05) is 20.2 Å². The number of H-pyrrole nitrogens is 1. The minimum absolute atomic E-state index is 0.179. The van der Waals surface area contributed by atoms with Crippen LogP contribution < -0.4 is 10.6 Å². The normalized spacial score (nSPS) is 18.5. The molecule has 1 aliphatic rings. The van der Waals surface area contributed by atoms with Crippen molar-refractivity contribution in [1.82, 2.24) is 15.6 Å². The van der Waals surface area contributed by atoms with E-state index in [4.69, 9.17) is 37.9 Å². The molecular weight excluding hydrogens is 416 g/mol. The van der Waals surface area contributed by atoms with Gasteiger partial charge in [0.1, 0.15) is 12.8 Å². The predicted octanol–water partition coefficient (Wildman–Crippen LogP) is 2.36. The van der Waals surface area contributed by atoms with Crippen LogP contribution in [0.4, 0.5) is 13.2 Å². The number of aromatic nitrogens is 1. The second-order valence-electron chi connectivity index (χ2n) is 5.31. The highest BCUT2D eigenvalue weighted by molar-refractivity contribution is 6.44. The van der Waals surface area contributed by atoms with Crippen molar-refractivity contribution in [3.8, 4) is 0 Å². The summed E-state index contributed by atoms with van der Waals surface area (Å²) in [5.41, 5.74) is 1.68. The van der Waals surface area contributed by atoms with Gasteiger partial charge in [-0.2, -0.15) is 13.2 Å². The zero-order valence-corrected chi connectivity index (χ0v) is 15.7. The lowest BCUT2D eigenvalue weighted by Crippen LogP contribution is -2.50. The summed E-state index contributed by atoms with van der Waals surface area (Å²) in [7, 11) is 1.48. The second kappa shape index (κ2) is 9.81. The average Bonchev–Trinajstić information content (AvgIpc) is 2.84. The largest absolute Gasteiger partial charge is 0.490 e. The number of nitrogens with one attached hydrogen (secondary N) is 3. The molecule has 1 saturated heterocycles. The van der Waals surface area contributed by atoms with Crippen LogP contribution in [0.3, 0.4) is 0 Å². The molecule has 27 heavy (non-hydrogen) atoms. The fraction of sp³-hybridized carbons (Fsp3) is 0.500. The van der Waals surface area contributed by atoms with E-state index in [2.05, 4.69) is 20.8 Å². The maximum atomic E-state index is 12.2. The Bertz CT molecular complexity index is 722. The van der Waals surface area contributed by atoms with Crippen molar-refractivity contribution < 1.29 is 32.7 Å². The third-order valence-corrected chi connectivity index (χ3v) is 4.30. The molecule has 13 heteroatoms. The molecule has 1 aliphatic heterocycles. The summed E-state index contributed by atoms with van der Waals surface area (Å²) in [6.45, 7) is 3.14. The number of hydrogen-bond acceptors (Lipinski definition) is 5. The van der Waals surface area contributed by atoms with E-state index < -0.39 is 12.1 Å². The fourth-order valence-corrected chi connectivity index (χ4v) is 2.50. The molecule has 1 aromatic heterocycles. The molecule has 4 N–H and O–H groups in total. The number of hydrogen-bond donors (Lipinski definition) is 4. The smallest absolute Gasteiger partial charge is 0.475 e. The van der Waals surface area contributed by atoms with Gasteiger partial charge < -0.3 is 25.6 Å². The summed E-state index contributed by atoms with van der Waals surface area (Å²) >= 11 is 12.0. The highest BCUT2D eigenvalue weighted by Gasteiger charge is 2.38. The van der Waals surface area contributed by atoms with E-state index in [-0.39, 0.29) is 22.7 Å². The molecular formula is C14H17Cl2F3N4O4. The Morgan fingerprint density at radius 2 is 1.93 bits per heavy atom. The highest BCUT2D eigenvalue weighted by atomic mass is 35.5. The van der Waals surface area contributed by atoms with Crippen molar-refractivity contribution in [3.63, 3.8) is 0 Å². The number of carbonyl (C=O) groups excluding carboxylic acids is 1. The van der Waals surface area contributed by atoms with E-state index in [9.17, 15) is 18.0 Å². The fourth-order valence-electron chi connectivity index (χ4n) is 2.08. The molecule has 1 fully saturated rings. The highest BCUT2D eigenvalue weighted by Crippen LogP contribution is 2.29. The summed E-state index contributed by atoms with van der Waals surface area (Å²) in [4.78, 5) is 28.8. The Balaban J connectivity index is 0.000000445. The van der Waals surface area contributed by atoms with Gasteiger partial charge in [0.15, 0.2) is 0 Å². The van der Waals surface area contributed by atoms with Gasteiger partial charge in [0, 0.05) is 12.2 Å². The Kier molecular flexibility index (Phi) is 8.38. The molecule has 2 heterocycles. The first-order chi connectivity index (χ1) is 12.5. The number of carbonyl (C=O) groups is 2. The van der Waals surface area contributed by atoms with E-state index in [0.717, 1.165) is 18.7 Å². The predicted molar refractivity (Wildman–Crippen MR) is 92.4 cm³/mol. The van der Waals surface area contributed by atoms with Gasteiger partial charge >= 0.3 is 12.1 Å². The van der Waals surface area contributed by atoms with Crippen molar-refractivity contribution in [1.29, 1.82) is 0 Å². The molecule has 0 aromatic carbocycles. The molecule has 0 bridgehead atoms. The number of aryl methyl sites for hydroxylation is 1. The topological polar surface area (TPSA) is 116 Å². The quantitative estimate of drug-likeness (QED) is 0.547. The summed E-state index contributed by atoms with van der Waals surface area (Å²) < 4.78 is 31.7. The molecule has 1 aromatic rings. The van der Waals surface area contributed by atoms with Gasteiger partial charge in [-0.15, -0.1) is 0 Å². The van der Waals surface area contributed by atoms with Crippen LogP contribution in [0.1, 0.15) is 22.6 Å². The van der Waals surface area contributed by atoms with Crippen LogP contribution in [0.2, 0.25) is 10.0 Å². The summed E-state index contributed by atoms with van der Waals surface area (Å²) in [6.07, 6.45) is -4.35. The number of aromatic amines is 1. The lowest BCUT2D eigenvalue weighted by Gasteiger charge is -2.25. The number of piperidine rings is 1. The van der Waals surface area contributed by atoms with Gasteiger partial charge in [-0.05, 0) is 19.9 Å². The van der Waals surface area contributed by atoms with Crippen LogP contribution in [0.15, 0.2) is 5.16 Å². The monoisotopic (exact) mass is 432 g/mol. The molecule has 0 aliphatic carbocycles. The maximum absolute atomic E-state index is 12.2. The first kappa shape index (κ1) is 23.1. The number of carboxylic acids is 1. The van der Waals surface area contributed by atoms with E-state index >= 15 is 0 Å². The lowest BCUT2D eigenvalue weighted by atomic mass is 10.0. The number of nitrogens with zero attached hydrogens (tertiary/aromatic N) is 1. The van der Waals surface area contributed by atoms with Gasteiger partial charge in [-0.3, -0.25) is 4.79 Å². The first-order valence-electron chi connectivity index (χ1n) is 7.44. The number of halogens is 5. The van der Waals surface area contributed by atoms with E-state index in [0.29, 0.717) is 17.3 Å². The second-order valence-corrected chi connectivity index (χ2v) is 6.07. The Hall–Kier alpha value is -1.98. The minimum Gasteiger partial charge on any atom is -0.475 e. The zero-order valence-electron chi connectivity index (χ0n) is 14.2. The lowest BCUT2D eigenvalue weighted by molar-refractivity contribution is -0.192. The average molecular weight is 433 g/mol. The van der Waals surface area contributed by atoms with Crippen molar-refractivity contribution in [3.05, 3.63) is 21.4 Å². The number of amides is 1. The number of carboxylic acid groups (broad SMARTS) is 1. The molecule has 1 atom stereocenters. The molecule has 2 rings (SSSR count). The number of oxime groups is 1. The Labute approximate surface area is 162 Å². The molecule has 0 radical (unpaired) electrons. The van der Waals surface area contributed by atoms with Crippen molar-refractivity contribution in [2.24, 2.45) is 5.16 Å². The van der Waals surface area contributed by atoms with Gasteiger partial charge in [0.2, 0.25) is 0 Å².